The second-order valence-corrected chi connectivity index (χ2v) is 5.82. The third-order valence-corrected chi connectivity index (χ3v) is 4.21. The zero-order chi connectivity index (χ0) is 14.7. The summed E-state index contributed by atoms with van der Waals surface area (Å²) >= 11 is 0.966. The molecule has 0 aliphatic rings. The van der Waals surface area contributed by atoms with Gasteiger partial charge in [0.05, 0.1) is 0 Å². The molecule has 5 heteroatoms. The van der Waals surface area contributed by atoms with Gasteiger partial charge in [0.15, 0.2) is 0 Å². The molecule has 0 N–H and O–H groups in total. The Morgan fingerprint density at radius 3 is 1.53 bits per heavy atom. The molecule has 0 heterocycles. The minimum atomic E-state index is 0.236. The van der Waals surface area contributed by atoms with Gasteiger partial charge < -0.3 is 0 Å². The molecule has 0 amide bonds. The topological polar surface area (TPSA) is 24.9 Å². The fourth-order valence-corrected chi connectivity index (χ4v) is 1.93. The quantitative estimate of drug-likeness (QED) is 0.516. The summed E-state index contributed by atoms with van der Waals surface area (Å²) in [5.74, 6) is 0. The fourth-order valence-electron chi connectivity index (χ4n) is 1.32. The van der Waals surface area contributed by atoms with Crippen molar-refractivity contribution in [2.24, 2.45) is 0 Å². The first-order valence-electron chi connectivity index (χ1n) is 7.27. The molecular weight excluding hydrogens is 287 g/mol. The van der Waals surface area contributed by atoms with Crippen molar-refractivity contribution in [1.29, 1.82) is 0 Å². The van der Waals surface area contributed by atoms with Crippen molar-refractivity contribution in [3.05, 3.63) is 0 Å². The first kappa shape index (κ1) is 19.3. The Balaban J connectivity index is 3.50. The van der Waals surface area contributed by atoms with E-state index in [2.05, 4.69) is 51.6 Å². The third kappa shape index (κ3) is 11.8. The normalized spacial score (nSPS) is 15.4. The Kier molecular flexibility index (Phi) is 12.3. The van der Waals surface area contributed by atoms with E-state index >= 15 is 0 Å². The zero-order valence-electron chi connectivity index (χ0n) is 13.4. The molecule has 2 unspecified atom stereocenters. The summed E-state index contributed by atoms with van der Waals surface area (Å²) in [6.45, 7) is 12.8. The maximum atomic E-state index is 5.62. The van der Waals surface area contributed by atoms with Crippen LogP contribution in [0.3, 0.4) is 0 Å². The first-order valence-corrected chi connectivity index (χ1v) is 8.08. The predicted octanol–water partition coefficient (Wildman–Crippen LogP) is 2.39. The Morgan fingerprint density at radius 2 is 1.21 bits per heavy atom. The predicted molar refractivity (Wildman–Crippen MR) is 76.7 cm³/mol. The van der Waals surface area contributed by atoms with E-state index in [1.54, 1.807) is 0 Å². The van der Waals surface area contributed by atoms with Crippen LogP contribution in [0.1, 0.15) is 40.5 Å². The third-order valence-electron chi connectivity index (χ3n) is 3.23. The van der Waals surface area contributed by atoms with Gasteiger partial charge in [-0.05, 0) is 0 Å². The molecule has 0 spiro atoms. The monoisotopic (exact) mass is 318 g/mol. The summed E-state index contributed by atoms with van der Waals surface area (Å²) in [5.41, 5.74) is 0. The van der Waals surface area contributed by atoms with Crippen molar-refractivity contribution < 1.29 is 22.8 Å². The molecule has 0 saturated heterocycles. The van der Waals surface area contributed by atoms with Crippen molar-refractivity contribution >= 4 is 0 Å². The van der Waals surface area contributed by atoms with E-state index in [0.717, 1.165) is 54.1 Å². The first-order chi connectivity index (χ1) is 8.99. The molecule has 0 rings (SSSR count). The summed E-state index contributed by atoms with van der Waals surface area (Å²) in [4.78, 5) is 4.58. The van der Waals surface area contributed by atoms with Crippen LogP contribution in [0.15, 0.2) is 0 Å². The summed E-state index contributed by atoms with van der Waals surface area (Å²) in [6, 6.07) is 0. The molecular formula is C14H32N2NiO2. The van der Waals surface area contributed by atoms with Gasteiger partial charge in [0.25, 0.3) is 0 Å². The van der Waals surface area contributed by atoms with Crippen molar-refractivity contribution in [3.63, 3.8) is 0 Å². The molecule has 0 bridgehead atoms. The molecule has 4 nitrogen and oxygen atoms in total. The van der Waals surface area contributed by atoms with Gasteiger partial charge >= 0.3 is 126 Å². The van der Waals surface area contributed by atoms with Crippen LogP contribution in [0, 0.1) is 0 Å². The SMILES string of the molecule is CCN(C)CCC(C)[O][Ni][O]C(C)CCN(C)CC. The van der Waals surface area contributed by atoms with Crippen LogP contribution in [-0.2, 0) is 22.8 Å². The average Bonchev–Trinajstić information content (AvgIpc) is 2.41. The molecule has 0 radical (unpaired) electrons. The molecule has 19 heavy (non-hydrogen) atoms. The standard InChI is InChI=1S/2C7H16NO.Ni/c2*1-4-8(3)6-5-7(2)9;/h2*7H,4-6H2,1-3H3;/q2*-1;+2. The zero-order valence-corrected chi connectivity index (χ0v) is 14.4. The molecule has 0 aliphatic heterocycles. The van der Waals surface area contributed by atoms with Crippen LogP contribution in [0.5, 0.6) is 0 Å². The van der Waals surface area contributed by atoms with Crippen molar-refractivity contribution in [3.8, 4) is 0 Å². The summed E-state index contributed by atoms with van der Waals surface area (Å²) in [7, 11) is 4.26. The molecule has 0 saturated carbocycles. The van der Waals surface area contributed by atoms with E-state index in [1.165, 1.54) is 0 Å². The Hall–Kier alpha value is 0.334. The van der Waals surface area contributed by atoms with Gasteiger partial charge in [-0.3, -0.25) is 0 Å². The maximum absolute atomic E-state index is 5.62. The van der Waals surface area contributed by atoms with E-state index in [9.17, 15) is 0 Å². The van der Waals surface area contributed by atoms with Crippen LogP contribution in [0.25, 0.3) is 0 Å². The van der Waals surface area contributed by atoms with E-state index in [0.29, 0.717) is 0 Å². The molecule has 2 atom stereocenters. The van der Waals surface area contributed by atoms with Gasteiger partial charge in [0.2, 0.25) is 0 Å². The number of nitrogens with zero attached hydrogens (tertiary/aromatic N) is 2. The van der Waals surface area contributed by atoms with Crippen LogP contribution in [-0.4, -0.2) is 62.3 Å². The van der Waals surface area contributed by atoms with Gasteiger partial charge in [-0.25, -0.2) is 0 Å². The Bertz CT molecular complexity index is 188. The Morgan fingerprint density at radius 1 is 0.842 bits per heavy atom. The second-order valence-electron chi connectivity index (χ2n) is 5.19. The molecule has 0 aliphatic carbocycles. The molecule has 120 valence electrons. The van der Waals surface area contributed by atoms with Gasteiger partial charge in [0, 0.05) is 0 Å². The molecule has 0 aromatic carbocycles. The van der Waals surface area contributed by atoms with Gasteiger partial charge in [0.1, 0.15) is 0 Å². The van der Waals surface area contributed by atoms with E-state index in [4.69, 9.17) is 7.76 Å². The van der Waals surface area contributed by atoms with Crippen molar-refractivity contribution in [1.82, 2.24) is 9.80 Å². The summed E-state index contributed by atoms with van der Waals surface area (Å²) < 4.78 is 11.2. The van der Waals surface area contributed by atoms with Crippen LogP contribution < -0.4 is 0 Å². The number of hydrogen-bond acceptors (Lipinski definition) is 4. The number of hydrogen-bond donors (Lipinski definition) is 0. The van der Waals surface area contributed by atoms with Crippen LogP contribution >= 0.6 is 0 Å². The van der Waals surface area contributed by atoms with Crippen LogP contribution in [0.2, 0.25) is 0 Å². The second kappa shape index (κ2) is 12.1. The van der Waals surface area contributed by atoms with Crippen LogP contribution in [0.4, 0.5) is 0 Å². The summed E-state index contributed by atoms with van der Waals surface area (Å²) in [6.07, 6.45) is 2.55. The van der Waals surface area contributed by atoms with E-state index in [1.807, 2.05) is 0 Å². The molecule has 0 aromatic rings. The summed E-state index contributed by atoms with van der Waals surface area (Å²) in [5, 5.41) is 0. The Labute approximate surface area is 126 Å². The molecule has 0 fully saturated rings. The van der Waals surface area contributed by atoms with E-state index in [-0.39, 0.29) is 12.2 Å². The molecule has 0 aromatic heterocycles. The van der Waals surface area contributed by atoms with E-state index < -0.39 is 0 Å². The fraction of sp³-hybridized carbons (Fsp3) is 1.00. The van der Waals surface area contributed by atoms with Crippen molar-refractivity contribution in [2.45, 2.75) is 52.7 Å². The minimum absolute atomic E-state index is 0.236. The van der Waals surface area contributed by atoms with Gasteiger partial charge in [-0.1, -0.05) is 0 Å². The van der Waals surface area contributed by atoms with Crippen molar-refractivity contribution in [2.75, 3.05) is 40.3 Å². The van der Waals surface area contributed by atoms with Gasteiger partial charge in [-0.15, -0.1) is 0 Å². The van der Waals surface area contributed by atoms with Gasteiger partial charge in [-0.2, -0.15) is 0 Å². The number of rotatable bonds is 12. The average molecular weight is 319 g/mol.